The van der Waals surface area contributed by atoms with E-state index in [1.165, 1.54) is 7.11 Å². The van der Waals surface area contributed by atoms with Gasteiger partial charge in [-0.1, -0.05) is 19.9 Å². The second kappa shape index (κ2) is 7.37. The molecule has 0 fully saturated rings. The van der Waals surface area contributed by atoms with Gasteiger partial charge in [0.25, 0.3) is 0 Å². The standard InChI is InChI=1S/C15H24FNO/c1-5-8-17-12(3)9-11(2)13-6-7-15(18-4)14(16)10-13/h6-7,10-12,17H,5,8-9H2,1-4H3. The van der Waals surface area contributed by atoms with Crippen molar-refractivity contribution in [3.05, 3.63) is 29.6 Å². The molecule has 1 N–H and O–H groups in total. The first kappa shape index (κ1) is 15.0. The molecule has 2 atom stereocenters. The zero-order chi connectivity index (χ0) is 13.5. The maximum Gasteiger partial charge on any atom is 0.165 e. The van der Waals surface area contributed by atoms with E-state index in [2.05, 4.69) is 26.1 Å². The summed E-state index contributed by atoms with van der Waals surface area (Å²) in [5.41, 5.74) is 1.03. The summed E-state index contributed by atoms with van der Waals surface area (Å²) in [5, 5.41) is 3.45. The van der Waals surface area contributed by atoms with Crippen molar-refractivity contribution < 1.29 is 9.13 Å². The monoisotopic (exact) mass is 253 g/mol. The van der Waals surface area contributed by atoms with Gasteiger partial charge >= 0.3 is 0 Å². The molecule has 0 radical (unpaired) electrons. The van der Waals surface area contributed by atoms with Crippen molar-refractivity contribution in [1.29, 1.82) is 0 Å². The van der Waals surface area contributed by atoms with Crippen LogP contribution in [0.3, 0.4) is 0 Å². The maximum absolute atomic E-state index is 13.6. The minimum atomic E-state index is -0.281. The van der Waals surface area contributed by atoms with Crippen LogP contribution in [0.25, 0.3) is 0 Å². The lowest BCUT2D eigenvalue weighted by atomic mass is 9.94. The number of benzene rings is 1. The molecule has 0 bridgehead atoms. The highest BCUT2D eigenvalue weighted by Crippen LogP contribution is 2.25. The van der Waals surface area contributed by atoms with Crippen molar-refractivity contribution in [1.82, 2.24) is 5.32 Å². The molecule has 102 valence electrons. The van der Waals surface area contributed by atoms with Crippen LogP contribution in [0.4, 0.5) is 4.39 Å². The fourth-order valence-electron chi connectivity index (χ4n) is 2.13. The van der Waals surface area contributed by atoms with Crippen molar-refractivity contribution in [2.24, 2.45) is 0 Å². The van der Waals surface area contributed by atoms with Gasteiger partial charge in [0, 0.05) is 6.04 Å². The molecule has 0 aliphatic heterocycles. The normalized spacial score (nSPS) is 14.3. The minimum Gasteiger partial charge on any atom is -0.494 e. The van der Waals surface area contributed by atoms with Gasteiger partial charge in [0.1, 0.15) is 0 Å². The Morgan fingerprint density at radius 2 is 2.06 bits per heavy atom. The molecular formula is C15H24FNO. The second-order valence-corrected chi connectivity index (χ2v) is 4.89. The van der Waals surface area contributed by atoms with Crippen molar-refractivity contribution in [2.75, 3.05) is 13.7 Å². The van der Waals surface area contributed by atoms with Gasteiger partial charge in [0.15, 0.2) is 11.6 Å². The Kier molecular flexibility index (Phi) is 6.13. The smallest absolute Gasteiger partial charge is 0.165 e. The van der Waals surface area contributed by atoms with Gasteiger partial charge in [-0.3, -0.25) is 0 Å². The molecule has 0 amide bonds. The molecule has 3 heteroatoms. The number of methoxy groups -OCH3 is 1. The molecule has 0 saturated carbocycles. The number of hydrogen-bond donors (Lipinski definition) is 1. The van der Waals surface area contributed by atoms with Crippen molar-refractivity contribution in [3.8, 4) is 5.75 Å². The summed E-state index contributed by atoms with van der Waals surface area (Å²) in [4.78, 5) is 0. The summed E-state index contributed by atoms with van der Waals surface area (Å²) >= 11 is 0. The fourth-order valence-corrected chi connectivity index (χ4v) is 2.13. The first-order chi connectivity index (χ1) is 8.58. The number of nitrogens with one attached hydrogen (secondary N) is 1. The zero-order valence-corrected chi connectivity index (χ0v) is 11.8. The Morgan fingerprint density at radius 3 is 2.61 bits per heavy atom. The summed E-state index contributed by atoms with van der Waals surface area (Å²) in [5.74, 6) is 0.365. The van der Waals surface area contributed by atoms with Crippen LogP contribution in [0.1, 0.15) is 45.1 Å². The van der Waals surface area contributed by atoms with E-state index < -0.39 is 0 Å². The zero-order valence-electron chi connectivity index (χ0n) is 11.8. The molecule has 0 aliphatic rings. The first-order valence-electron chi connectivity index (χ1n) is 6.65. The van der Waals surface area contributed by atoms with E-state index in [-0.39, 0.29) is 5.82 Å². The van der Waals surface area contributed by atoms with E-state index in [1.54, 1.807) is 12.1 Å². The molecule has 2 nitrogen and oxygen atoms in total. The lowest BCUT2D eigenvalue weighted by molar-refractivity contribution is 0.385. The maximum atomic E-state index is 13.6. The topological polar surface area (TPSA) is 21.3 Å². The highest BCUT2D eigenvalue weighted by atomic mass is 19.1. The fraction of sp³-hybridized carbons (Fsp3) is 0.600. The molecule has 2 unspecified atom stereocenters. The van der Waals surface area contributed by atoms with E-state index in [0.29, 0.717) is 17.7 Å². The molecule has 1 rings (SSSR count). The van der Waals surface area contributed by atoms with E-state index in [1.807, 2.05) is 6.07 Å². The molecular weight excluding hydrogens is 229 g/mol. The van der Waals surface area contributed by atoms with Crippen LogP contribution in [0.2, 0.25) is 0 Å². The first-order valence-corrected chi connectivity index (χ1v) is 6.65. The third kappa shape index (κ3) is 4.30. The number of ether oxygens (including phenoxy) is 1. The van der Waals surface area contributed by atoms with Gasteiger partial charge in [-0.15, -0.1) is 0 Å². The van der Waals surface area contributed by atoms with Crippen molar-refractivity contribution in [2.45, 2.75) is 45.6 Å². The van der Waals surface area contributed by atoms with Gasteiger partial charge in [-0.25, -0.2) is 4.39 Å². The summed E-state index contributed by atoms with van der Waals surface area (Å²) in [6.45, 7) is 7.49. The van der Waals surface area contributed by atoms with Crippen LogP contribution in [0.15, 0.2) is 18.2 Å². The average molecular weight is 253 g/mol. The Labute approximate surface area is 110 Å². The third-order valence-electron chi connectivity index (χ3n) is 3.19. The van der Waals surface area contributed by atoms with Gasteiger partial charge in [0.2, 0.25) is 0 Å². The van der Waals surface area contributed by atoms with Crippen LogP contribution in [-0.4, -0.2) is 19.7 Å². The lowest BCUT2D eigenvalue weighted by Crippen LogP contribution is -2.28. The lowest BCUT2D eigenvalue weighted by Gasteiger charge is -2.19. The van der Waals surface area contributed by atoms with Gasteiger partial charge in [-0.05, 0) is 49.9 Å². The Bertz CT molecular complexity index is 368. The largest absolute Gasteiger partial charge is 0.494 e. The summed E-state index contributed by atoms with van der Waals surface area (Å²) in [7, 11) is 1.48. The Morgan fingerprint density at radius 1 is 1.33 bits per heavy atom. The van der Waals surface area contributed by atoms with Gasteiger partial charge in [0.05, 0.1) is 7.11 Å². The number of halogens is 1. The van der Waals surface area contributed by atoms with Crippen molar-refractivity contribution in [3.63, 3.8) is 0 Å². The minimum absolute atomic E-state index is 0.281. The van der Waals surface area contributed by atoms with Gasteiger partial charge < -0.3 is 10.1 Å². The molecule has 0 aromatic heterocycles. The Balaban J connectivity index is 2.61. The molecule has 1 aromatic rings. The van der Waals surface area contributed by atoms with Crippen LogP contribution >= 0.6 is 0 Å². The molecule has 0 heterocycles. The molecule has 0 aliphatic carbocycles. The SMILES string of the molecule is CCCNC(C)CC(C)c1ccc(OC)c(F)c1. The Hall–Kier alpha value is -1.09. The summed E-state index contributed by atoms with van der Waals surface area (Å²) in [6.07, 6.45) is 2.14. The van der Waals surface area contributed by atoms with E-state index in [0.717, 1.165) is 24.9 Å². The predicted octanol–water partition coefficient (Wildman–Crippen LogP) is 3.72. The van der Waals surface area contributed by atoms with E-state index >= 15 is 0 Å². The highest BCUT2D eigenvalue weighted by Gasteiger charge is 2.12. The predicted molar refractivity (Wildman–Crippen MR) is 73.7 cm³/mol. The second-order valence-electron chi connectivity index (χ2n) is 4.89. The van der Waals surface area contributed by atoms with Crippen LogP contribution in [0, 0.1) is 5.82 Å². The third-order valence-corrected chi connectivity index (χ3v) is 3.19. The van der Waals surface area contributed by atoms with Crippen molar-refractivity contribution >= 4 is 0 Å². The van der Waals surface area contributed by atoms with Crippen LogP contribution in [0.5, 0.6) is 5.75 Å². The molecule has 0 spiro atoms. The van der Waals surface area contributed by atoms with E-state index in [4.69, 9.17) is 4.74 Å². The molecule has 18 heavy (non-hydrogen) atoms. The van der Waals surface area contributed by atoms with Crippen LogP contribution < -0.4 is 10.1 Å². The highest BCUT2D eigenvalue weighted by molar-refractivity contribution is 5.31. The van der Waals surface area contributed by atoms with E-state index in [9.17, 15) is 4.39 Å². The molecule has 0 saturated heterocycles. The number of rotatable bonds is 7. The van der Waals surface area contributed by atoms with Crippen LogP contribution in [-0.2, 0) is 0 Å². The quantitative estimate of drug-likeness (QED) is 0.799. The average Bonchev–Trinajstić information content (AvgIpc) is 2.36. The molecule has 1 aromatic carbocycles. The summed E-state index contributed by atoms with van der Waals surface area (Å²) in [6, 6.07) is 5.67. The summed E-state index contributed by atoms with van der Waals surface area (Å²) < 4.78 is 18.5. The van der Waals surface area contributed by atoms with Gasteiger partial charge in [-0.2, -0.15) is 0 Å². The number of hydrogen-bond acceptors (Lipinski definition) is 2.